The topological polar surface area (TPSA) is 39.9 Å². The van der Waals surface area contributed by atoms with Gasteiger partial charge in [0.2, 0.25) is 0 Å². The van der Waals surface area contributed by atoms with Crippen LogP contribution >= 0.6 is 12.8 Å². The minimum Gasteiger partial charge on any atom is -0.303 e. The Bertz CT molecular complexity index is 343. The Morgan fingerprint density at radius 3 is 2.85 bits per heavy atom. The van der Waals surface area contributed by atoms with Crippen molar-refractivity contribution in [2.45, 2.75) is 13.8 Å². The normalized spacial score (nSPS) is 9.38. The van der Waals surface area contributed by atoms with Crippen LogP contribution in [0.25, 0.3) is 0 Å². The van der Waals surface area contributed by atoms with Crippen LogP contribution in [0.1, 0.15) is 18.2 Å². The summed E-state index contributed by atoms with van der Waals surface area (Å²) < 4.78 is 1.72. The van der Waals surface area contributed by atoms with Crippen LogP contribution < -0.4 is 4.31 Å². The van der Waals surface area contributed by atoms with Crippen LogP contribution in [-0.4, -0.2) is 11.5 Å². The average molecular weight is 193 g/mol. The van der Waals surface area contributed by atoms with Crippen LogP contribution in [0.5, 0.6) is 0 Å². The van der Waals surface area contributed by atoms with E-state index in [2.05, 4.69) is 17.8 Å². The molecule has 1 heterocycles. The number of pyridine rings is 1. The molecule has 3 nitrogen and oxygen atoms in total. The van der Waals surface area contributed by atoms with Gasteiger partial charge in [-0.3, -0.25) is 0 Å². The second-order valence-corrected chi connectivity index (χ2v) is 3.15. The molecule has 0 amide bonds. The van der Waals surface area contributed by atoms with Gasteiger partial charge < -0.3 is 4.31 Å². The molecule has 1 aromatic heterocycles. The first kappa shape index (κ1) is 9.87. The van der Waals surface area contributed by atoms with E-state index in [9.17, 15) is 0 Å². The van der Waals surface area contributed by atoms with Crippen molar-refractivity contribution in [3.63, 3.8) is 0 Å². The van der Waals surface area contributed by atoms with Crippen molar-refractivity contribution in [2.24, 2.45) is 0 Å². The molecule has 0 N–H and O–H groups in total. The number of rotatable bonds is 2. The number of nitriles is 1. The van der Waals surface area contributed by atoms with E-state index < -0.39 is 0 Å². The molecule has 0 fully saturated rings. The fourth-order valence-electron chi connectivity index (χ4n) is 0.991. The predicted molar refractivity (Wildman–Crippen MR) is 55.7 cm³/mol. The number of hydrogen-bond acceptors (Lipinski definition) is 4. The molecule has 0 aliphatic heterocycles. The summed E-state index contributed by atoms with van der Waals surface area (Å²) in [5, 5.41) is 8.65. The Morgan fingerprint density at radius 1 is 1.62 bits per heavy atom. The third-order valence-corrected chi connectivity index (χ3v) is 2.20. The SMILES string of the molecule is CCN(S)c1nc(C#N)ccc1C. The molecule has 0 aromatic carbocycles. The lowest BCUT2D eigenvalue weighted by atomic mass is 10.2. The fourth-order valence-corrected chi connectivity index (χ4v) is 1.19. The van der Waals surface area contributed by atoms with Crippen molar-refractivity contribution in [3.05, 3.63) is 23.4 Å². The van der Waals surface area contributed by atoms with Crippen LogP contribution in [0.15, 0.2) is 12.1 Å². The lowest BCUT2D eigenvalue weighted by molar-refractivity contribution is 1.05. The highest BCUT2D eigenvalue weighted by Crippen LogP contribution is 2.18. The van der Waals surface area contributed by atoms with Crippen LogP contribution in [0.3, 0.4) is 0 Å². The standard InChI is InChI=1S/C9H11N3S/c1-3-12(13)9-7(2)4-5-8(6-10)11-9/h4-5,13H,3H2,1-2H3. The van der Waals surface area contributed by atoms with Gasteiger partial charge in [0.1, 0.15) is 17.6 Å². The Balaban J connectivity index is 3.12. The maximum absolute atomic E-state index is 8.65. The first-order valence-electron chi connectivity index (χ1n) is 4.03. The second-order valence-electron chi connectivity index (χ2n) is 2.66. The van der Waals surface area contributed by atoms with Gasteiger partial charge in [0.15, 0.2) is 0 Å². The Kier molecular flexibility index (Phi) is 3.15. The zero-order valence-electron chi connectivity index (χ0n) is 7.65. The van der Waals surface area contributed by atoms with Crippen molar-refractivity contribution in [3.8, 4) is 6.07 Å². The monoisotopic (exact) mass is 193 g/mol. The van der Waals surface area contributed by atoms with E-state index in [1.807, 2.05) is 26.0 Å². The Hall–Kier alpha value is -1.21. The van der Waals surface area contributed by atoms with Crippen LogP contribution in [0.2, 0.25) is 0 Å². The van der Waals surface area contributed by atoms with E-state index in [4.69, 9.17) is 5.26 Å². The number of nitrogens with zero attached hydrogens (tertiary/aromatic N) is 3. The molecule has 0 spiro atoms. The molecule has 0 aliphatic rings. The maximum atomic E-state index is 8.65. The van der Waals surface area contributed by atoms with Gasteiger partial charge >= 0.3 is 0 Å². The van der Waals surface area contributed by atoms with Gasteiger partial charge in [-0.25, -0.2) is 4.98 Å². The number of aryl methyl sites for hydroxylation is 1. The molecule has 0 unspecified atom stereocenters. The molecule has 0 saturated carbocycles. The average Bonchev–Trinajstić information content (AvgIpc) is 2.17. The number of anilines is 1. The predicted octanol–water partition coefficient (Wildman–Crippen LogP) is 1.93. The largest absolute Gasteiger partial charge is 0.303 e. The van der Waals surface area contributed by atoms with Gasteiger partial charge in [0.25, 0.3) is 0 Å². The Labute approximate surface area is 83.6 Å². The molecule has 1 aromatic rings. The number of aromatic nitrogens is 1. The molecular formula is C9H11N3S. The van der Waals surface area contributed by atoms with E-state index in [0.29, 0.717) is 5.69 Å². The van der Waals surface area contributed by atoms with E-state index in [1.165, 1.54) is 0 Å². The second kappa shape index (κ2) is 4.15. The quantitative estimate of drug-likeness (QED) is 0.729. The highest BCUT2D eigenvalue weighted by Gasteiger charge is 2.05. The van der Waals surface area contributed by atoms with E-state index in [1.54, 1.807) is 10.4 Å². The van der Waals surface area contributed by atoms with Crippen LogP contribution in [0.4, 0.5) is 5.82 Å². The molecule has 0 aliphatic carbocycles. The van der Waals surface area contributed by atoms with Gasteiger partial charge in [0.05, 0.1) is 0 Å². The van der Waals surface area contributed by atoms with Crippen molar-refractivity contribution < 1.29 is 0 Å². The lowest BCUT2D eigenvalue weighted by Gasteiger charge is -2.15. The van der Waals surface area contributed by atoms with Crippen molar-refractivity contribution in [1.29, 1.82) is 5.26 Å². The lowest BCUT2D eigenvalue weighted by Crippen LogP contribution is -2.12. The minimum atomic E-state index is 0.424. The number of thiol groups is 1. The van der Waals surface area contributed by atoms with Crippen molar-refractivity contribution in [2.75, 3.05) is 10.8 Å². The first-order chi connectivity index (χ1) is 6.19. The molecule has 0 saturated heterocycles. The smallest absolute Gasteiger partial charge is 0.142 e. The van der Waals surface area contributed by atoms with Gasteiger partial charge in [-0.2, -0.15) is 5.26 Å². The molecule has 68 valence electrons. The summed E-state index contributed by atoms with van der Waals surface area (Å²) in [5.74, 6) is 0.755. The minimum absolute atomic E-state index is 0.424. The first-order valence-corrected chi connectivity index (χ1v) is 4.43. The molecule has 13 heavy (non-hydrogen) atoms. The summed E-state index contributed by atoms with van der Waals surface area (Å²) in [6.45, 7) is 4.68. The zero-order valence-corrected chi connectivity index (χ0v) is 8.55. The van der Waals surface area contributed by atoms with Gasteiger partial charge in [-0.1, -0.05) is 18.9 Å². The van der Waals surface area contributed by atoms with Gasteiger partial charge in [0, 0.05) is 6.54 Å². The summed E-state index contributed by atoms with van der Waals surface area (Å²) in [5.41, 5.74) is 1.45. The van der Waals surface area contributed by atoms with Crippen molar-refractivity contribution in [1.82, 2.24) is 4.98 Å². The molecule has 4 heteroatoms. The van der Waals surface area contributed by atoms with Gasteiger partial charge in [-0.05, 0) is 25.5 Å². The van der Waals surface area contributed by atoms with E-state index in [-0.39, 0.29) is 0 Å². The van der Waals surface area contributed by atoms with E-state index >= 15 is 0 Å². The van der Waals surface area contributed by atoms with Crippen LogP contribution in [0, 0.1) is 18.3 Å². The maximum Gasteiger partial charge on any atom is 0.142 e. The molecule has 0 bridgehead atoms. The summed E-state index contributed by atoms with van der Waals surface area (Å²) in [4.78, 5) is 4.15. The fraction of sp³-hybridized carbons (Fsp3) is 0.333. The van der Waals surface area contributed by atoms with Gasteiger partial charge in [-0.15, -0.1) is 0 Å². The highest BCUT2D eigenvalue weighted by atomic mass is 32.1. The highest BCUT2D eigenvalue weighted by molar-refractivity contribution is 7.81. The third kappa shape index (κ3) is 2.13. The summed E-state index contributed by atoms with van der Waals surface area (Å²) in [6, 6.07) is 5.58. The summed E-state index contributed by atoms with van der Waals surface area (Å²) in [6.07, 6.45) is 0. The molecule has 1 rings (SSSR count). The summed E-state index contributed by atoms with van der Waals surface area (Å²) >= 11 is 4.24. The third-order valence-electron chi connectivity index (χ3n) is 1.73. The van der Waals surface area contributed by atoms with Crippen molar-refractivity contribution >= 4 is 18.6 Å². The molecular weight excluding hydrogens is 182 g/mol. The van der Waals surface area contributed by atoms with E-state index in [0.717, 1.165) is 17.9 Å². The zero-order chi connectivity index (χ0) is 9.84. The Morgan fingerprint density at radius 2 is 2.31 bits per heavy atom. The number of hydrogen-bond donors (Lipinski definition) is 1. The molecule has 0 radical (unpaired) electrons. The summed E-state index contributed by atoms with van der Waals surface area (Å²) in [7, 11) is 0. The van der Waals surface area contributed by atoms with Crippen LogP contribution in [-0.2, 0) is 0 Å². The molecule has 0 atom stereocenters.